The molecule has 12 nitrogen and oxygen atoms in total. The van der Waals surface area contributed by atoms with E-state index in [4.69, 9.17) is 4.98 Å². The molecule has 0 atom stereocenters. The highest BCUT2D eigenvalue weighted by Gasteiger charge is 2.29. The van der Waals surface area contributed by atoms with E-state index in [-0.39, 0.29) is 42.6 Å². The van der Waals surface area contributed by atoms with Gasteiger partial charge in [0.25, 0.3) is 5.91 Å². The summed E-state index contributed by atoms with van der Waals surface area (Å²) >= 11 is 0. The van der Waals surface area contributed by atoms with Gasteiger partial charge in [-0.25, -0.2) is 17.7 Å². The van der Waals surface area contributed by atoms with Crippen LogP contribution >= 0.6 is 0 Å². The second-order valence-electron chi connectivity index (χ2n) is 11.6. The van der Waals surface area contributed by atoms with Gasteiger partial charge < -0.3 is 24.9 Å². The highest BCUT2D eigenvalue weighted by Crippen LogP contribution is 2.27. The van der Waals surface area contributed by atoms with Gasteiger partial charge in [-0.15, -0.1) is 5.10 Å². The number of hydrogen-bond donors (Lipinski definition) is 1. The summed E-state index contributed by atoms with van der Waals surface area (Å²) in [6, 6.07) is 11.5. The predicted molar refractivity (Wildman–Crippen MR) is 165 cm³/mol. The minimum Gasteiger partial charge on any atom is -0.339 e. The van der Waals surface area contributed by atoms with Crippen LogP contribution in [0.3, 0.4) is 0 Å². The van der Waals surface area contributed by atoms with Gasteiger partial charge in [0.15, 0.2) is 15.5 Å². The predicted octanol–water partition coefficient (Wildman–Crippen LogP) is 2.58. The van der Waals surface area contributed by atoms with E-state index in [0.717, 1.165) is 42.8 Å². The van der Waals surface area contributed by atoms with Crippen molar-refractivity contribution >= 4 is 44.6 Å². The lowest BCUT2D eigenvalue weighted by Crippen LogP contribution is -2.50. The number of anilines is 2. The Hall–Kier alpha value is -3.97. The number of likely N-dealkylation sites (tertiary alicyclic amines) is 1. The number of amides is 3. The summed E-state index contributed by atoms with van der Waals surface area (Å²) in [5.74, 6) is 0.526. The van der Waals surface area contributed by atoms with E-state index in [9.17, 15) is 18.0 Å². The fraction of sp³-hybridized carbons (Fsp3) is 0.467. The molecule has 0 aliphatic carbocycles. The average Bonchev–Trinajstić information content (AvgIpc) is 3.43. The van der Waals surface area contributed by atoms with Crippen LogP contribution in [0.4, 0.5) is 16.4 Å². The lowest BCUT2D eigenvalue weighted by molar-refractivity contribution is 0.0659. The normalized spacial score (nSPS) is 19.7. The van der Waals surface area contributed by atoms with Crippen LogP contribution in [0.15, 0.2) is 48.7 Å². The van der Waals surface area contributed by atoms with Crippen LogP contribution < -0.4 is 5.32 Å². The largest absolute Gasteiger partial charge is 0.339 e. The number of carbonyl (C=O) groups excluding carboxylic acids is 2. The monoisotopic (exact) mass is 606 g/mol. The molecule has 2 saturated heterocycles. The molecule has 0 saturated carbocycles. The number of fused-ring (bicyclic) bond motifs is 1. The maximum absolute atomic E-state index is 13.1. The maximum Gasteiger partial charge on any atom is 0.320 e. The summed E-state index contributed by atoms with van der Waals surface area (Å²) in [5.41, 5.74) is 4.19. The molecule has 13 heteroatoms. The number of nitrogens with zero attached hydrogens (tertiary/aromatic N) is 7. The fourth-order valence-corrected chi connectivity index (χ4v) is 7.18. The van der Waals surface area contributed by atoms with Gasteiger partial charge in [0.1, 0.15) is 0 Å². The zero-order chi connectivity index (χ0) is 30.1. The minimum atomic E-state index is -3.04. The van der Waals surface area contributed by atoms with Gasteiger partial charge in [-0.1, -0.05) is 6.08 Å². The Bertz CT molecular complexity index is 1630. The molecule has 43 heavy (non-hydrogen) atoms. The third kappa shape index (κ3) is 6.37. The van der Waals surface area contributed by atoms with Crippen LogP contribution in [0.25, 0.3) is 11.2 Å². The zero-order valence-corrected chi connectivity index (χ0v) is 25.5. The van der Waals surface area contributed by atoms with Crippen molar-refractivity contribution in [2.24, 2.45) is 0 Å². The van der Waals surface area contributed by atoms with Crippen LogP contribution in [0.1, 0.15) is 35.2 Å². The summed E-state index contributed by atoms with van der Waals surface area (Å²) in [6.45, 7) is 3.50. The van der Waals surface area contributed by atoms with Gasteiger partial charge in [-0.05, 0) is 81.4 Å². The number of urea groups is 1. The number of nitrogens with one attached hydrogen (secondary N) is 1. The maximum atomic E-state index is 13.1. The summed E-state index contributed by atoms with van der Waals surface area (Å²) in [6.07, 6.45) is 6.52. The molecule has 3 aliphatic heterocycles. The molecule has 1 aromatic carbocycles. The molecule has 2 aromatic heterocycles. The van der Waals surface area contributed by atoms with Gasteiger partial charge in [-0.2, -0.15) is 4.98 Å². The third-order valence-electron chi connectivity index (χ3n) is 8.75. The van der Waals surface area contributed by atoms with E-state index < -0.39 is 9.84 Å². The Morgan fingerprint density at radius 3 is 2.37 bits per heavy atom. The number of benzene rings is 1. The molecule has 2 fully saturated rings. The number of piperidine rings is 1. The lowest BCUT2D eigenvalue weighted by atomic mass is 10.0. The van der Waals surface area contributed by atoms with E-state index in [1.54, 1.807) is 14.3 Å². The first-order valence-electron chi connectivity index (χ1n) is 14.8. The van der Waals surface area contributed by atoms with Crippen molar-refractivity contribution in [2.45, 2.75) is 25.3 Å². The Morgan fingerprint density at radius 1 is 0.977 bits per heavy atom. The first kappa shape index (κ1) is 29.1. The van der Waals surface area contributed by atoms with Crippen molar-refractivity contribution in [2.75, 3.05) is 70.2 Å². The van der Waals surface area contributed by atoms with E-state index in [0.29, 0.717) is 36.7 Å². The number of pyridine rings is 1. The van der Waals surface area contributed by atoms with Gasteiger partial charge in [0, 0.05) is 62.3 Å². The molecule has 3 aromatic rings. The molecule has 5 heterocycles. The Labute approximate surface area is 251 Å². The fourth-order valence-electron chi connectivity index (χ4n) is 5.98. The van der Waals surface area contributed by atoms with Crippen LogP contribution in [0.5, 0.6) is 0 Å². The van der Waals surface area contributed by atoms with Crippen molar-refractivity contribution in [3.05, 3.63) is 59.8 Å². The van der Waals surface area contributed by atoms with Crippen molar-refractivity contribution < 1.29 is 18.0 Å². The number of hydrogen-bond acceptors (Lipinski definition) is 8. The summed E-state index contributed by atoms with van der Waals surface area (Å²) < 4.78 is 25.2. The minimum absolute atomic E-state index is 0.0249. The zero-order valence-electron chi connectivity index (χ0n) is 24.6. The van der Waals surface area contributed by atoms with Crippen LogP contribution in [-0.4, -0.2) is 125 Å². The number of rotatable bonds is 5. The van der Waals surface area contributed by atoms with E-state index in [1.807, 2.05) is 60.6 Å². The topological polar surface area (TPSA) is 123 Å². The number of sulfone groups is 1. The third-order valence-corrected chi connectivity index (χ3v) is 10.4. The highest BCUT2D eigenvalue weighted by atomic mass is 32.2. The lowest BCUT2D eigenvalue weighted by Gasteiger charge is -2.35. The van der Waals surface area contributed by atoms with Gasteiger partial charge in [-0.3, -0.25) is 4.79 Å². The molecule has 0 bridgehead atoms. The van der Waals surface area contributed by atoms with Crippen molar-refractivity contribution in [3.8, 4) is 0 Å². The SMILES string of the molecule is CN1CCC(N(C)C(=O)c2ccc(Nc3nc4c(C5=CCN(C(=O)N6CCS(=O)(=O)CC6)CC5)cccn4n3)cc2)CC1. The standard InChI is InChI=1S/C30H38N8O4S/c1-34-14-11-25(12-15-34)35(2)28(39)23-5-7-24(8-6-23)31-29-32-27-26(4-3-13-38(27)33-29)22-9-16-36(17-10-22)30(40)37-18-20-43(41,42)21-19-37/h3-9,13,25H,10-12,14-21H2,1-2H3,(H,31,33). The van der Waals surface area contributed by atoms with Gasteiger partial charge in [0.2, 0.25) is 5.95 Å². The first-order chi connectivity index (χ1) is 20.7. The molecular weight excluding hydrogens is 568 g/mol. The van der Waals surface area contributed by atoms with Crippen LogP contribution in [0, 0.1) is 0 Å². The summed E-state index contributed by atoms with van der Waals surface area (Å²) in [4.78, 5) is 38.3. The second kappa shape index (κ2) is 12.0. The Morgan fingerprint density at radius 2 is 1.70 bits per heavy atom. The smallest absolute Gasteiger partial charge is 0.320 e. The van der Waals surface area contributed by atoms with Crippen molar-refractivity contribution in [3.63, 3.8) is 0 Å². The van der Waals surface area contributed by atoms with E-state index in [1.165, 1.54) is 0 Å². The molecule has 0 unspecified atom stereocenters. The number of carbonyl (C=O) groups is 2. The summed E-state index contributed by atoms with van der Waals surface area (Å²) in [5, 5.41) is 7.86. The van der Waals surface area contributed by atoms with E-state index in [2.05, 4.69) is 22.4 Å². The van der Waals surface area contributed by atoms with Gasteiger partial charge >= 0.3 is 6.03 Å². The summed E-state index contributed by atoms with van der Waals surface area (Å²) in [7, 11) is 0.967. The average molecular weight is 607 g/mol. The second-order valence-corrected chi connectivity index (χ2v) is 13.9. The first-order valence-corrected chi connectivity index (χ1v) is 16.6. The quantitative estimate of drug-likeness (QED) is 0.470. The van der Waals surface area contributed by atoms with Crippen molar-refractivity contribution in [1.82, 2.24) is 34.2 Å². The van der Waals surface area contributed by atoms with Crippen LogP contribution in [-0.2, 0) is 9.84 Å². The van der Waals surface area contributed by atoms with Gasteiger partial charge in [0.05, 0.1) is 11.5 Å². The molecule has 3 aliphatic rings. The molecule has 228 valence electrons. The highest BCUT2D eigenvalue weighted by molar-refractivity contribution is 7.91. The van der Waals surface area contributed by atoms with E-state index >= 15 is 0 Å². The van der Waals surface area contributed by atoms with Crippen LogP contribution in [0.2, 0.25) is 0 Å². The molecule has 3 amide bonds. The molecule has 0 spiro atoms. The van der Waals surface area contributed by atoms with Crippen molar-refractivity contribution in [1.29, 1.82) is 0 Å². The number of aromatic nitrogens is 3. The Balaban J connectivity index is 1.10. The molecule has 1 N–H and O–H groups in total. The molecule has 6 rings (SSSR count). The molecule has 0 radical (unpaired) electrons. The Kier molecular flexibility index (Phi) is 8.10. The molecular formula is C30H38N8O4S.